The molecule has 1 rings (SSSR count). The normalized spacial score (nSPS) is 25.2. The summed E-state index contributed by atoms with van der Waals surface area (Å²) in [6.45, 7) is 4.49. The van der Waals surface area contributed by atoms with Crippen LogP contribution in [-0.4, -0.2) is 23.8 Å². The lowest BCUT2D eigenvalue weighted by Crippen LogP contribution is -2.23. The largest absolute Gasteiger partial charge is 0.463 e. The molecule has 0 spiro atoms. The van der Waals surface area contributed by atoms with Crippen LogP contribution in [-0.2, 0) is 9.53 Å². The van der Waals surface area contributed by atoms with Crippen LogP contribution < -0.4 is 0 Å². The van der Waals surface area contributed by atoms with Gasteiger partial charge in [-0.1, -0.05) is 39.5 Å². The van der Waals surface area contributed by atoms with Gasteiger partial charge in [0.25, 0.3) is 0 Å². The molecule has 16 heavy (non-hydrogen) atoms. The minimum atomic E-state index is -0.933. The van der Waals surface area contributed by atoms with E-state index in [9.17, 15) is 9.90 Å². The van der Waals surface area contributed by atoms with Crippen molar-refractivity contribution in [2.24, 2.45) is 11.8 Å². The summed E-state index contributed by atoms with van der Waals surface area (Å²) in [4.78, 5) is 11.2. The first kappa shape index (κ1) is 13.5. The van der Waals surface area contributed by atoms with Gasteiger partial charge in [-0.3, -0.25) is 0 Å². The molecular weight excluding hydrogens is 204 g/mol. The van der Waals surface area contributed by atoms with Crippen LogP contribution in [0.15, 0.2) is 0 Å². The SMILES string of the molecule is CCCCC[C@@H]1C[C@H]1COC(=O)C(O)CC. The van der Waals surface area contributed by atoms with Crippen molar-refractivity contribution < 1.29 is 14.6 Å². The second-order valence-electron chi connectivity index (χ2n) is 4.81. The summed E-state index contributed by atoms with van der Waals surface area (Å²) >= 11 is 0. The van der Waals surface area contributed by atoms with Gasteiger partial charge in [-0.2, -0.15) is 0 Å². The number of aliphatic hydroxyl groups is 1. The van der Waals surface area contributed by atoms with Crippen LogP contribution in [0.3, 0.4) is 0 Å². The minimum Gasteiger partial charge on any atom is -0.463 e. The smallest absolute Gasteiger partial charge is 0.334 e. The molecule has 3 heteroatoms. The van der Waals surface area contributed by atoms with Crippen LogP contribution in [0, 0.1) is 11.8 Å². The molecule has 0 amide bonds. The summed E-state index contributed by atoms with van der Waals surface area (Å²) in [5.74, 6) is 0.865. The third-order valence-electron chi connectivity index (χ3n) is 3.35. The Balaban J connectivity index is 2.02. The second kappa shape index (κ2) is 6.89. The average Bonchev–Trinajstić information content (AvgIpc) is 3.04. The standard InChI is InChI=1S/C13H24O3/c1-3-5-6-7-10-8-11(10)9-16-13(15)12(14)4-2/h10-12,14H,3-9H2,1-2H3/t10-,11+,12?/m1/s1. The van der Waals surface area contributed by atoms with Crippen LogP contribution in [0.1, 0.15) is 52.4 Å². The van der Waals surface area contributed by atoms with Crippen LogP contribution in [0.25, 0.3) is 0 Å². The summed E-state index contributed by atoms with van der Waals surface area (Å²) in [6.07, 6.45) is 5.82. The Kier molecular flexibility index (Phi) is 5.81. The molecule has 0 aromatic heterocycles. The molecule has 1 saturated carbocycles. The van der Waals surface area contributed by atoms with Gasteiger partial charge in [-0.05, 0) is 24.7 Å². The molecule has 0 aliphatic heterocycles. The van der Waals surface area contributed by atoms with Gasteiger partial charge in [0.1, 0.15) is 0 Å². The molecule has 1 N–H and O–H groups in total. The molecule has 0 aromatic rings. The number of aliphatic hydroxyl groups excluding tert-OH is 1. The zero-order chi connectivity index (χ0) is 12.0. The Labute approximate surface area is 98.2 Å². The van der Waals surface area contributed by atoms with E-state index in [1.807, 2.05) is 0 Å². The lowest BCUT2D eigenvalue weighted by molar-refractivity contribution is -0.154. The fourth-order valence-electron chi connectivity index (χ4n) is 1.98. The van der Waals surface area contributed by atoms with Crippen LogP contribution >= 0.6 is 0 Å². The summed E-state index contributed by atoms with van der Waals surface area (Å²) in [5.41, 5.74) is 0. The van der Waals surface area contributed by atoms with Gasteiger partial charge in [0, 0.05) is 0 Å². The summed E-state index contributed by atoms with van der Waals surface area (Å²) in [6, 6.07) is 0. The maximum atomic E-state index is 11.2. The maximum absolute atomic E-state index is 11.2. The van der Waals surface area contributed by atoms with Crippen molar-refractivity contribution in [1.29, 1.82) is 0 Å². The zero-order valence-electron chi connectivity index (χ0n) is 10.4. The van der Waals surface area contributed by atoms with Crippen LogP contribution in [0.4, 0.5) is 0 Å². The first-order valence-corrected chi connectivity index (χ1v) is 6.53. The van der Waals surface area contributed by atoms with Gasteiger partial charge in [0.15, 0.2) is 6.10 Å². The molecule has 0 bridgehead atoms. The van der Waals surface area contributed by atoms with E-state index in [-0.39, 0.29) is 0 Å². The number of hydrogen-bond donors (Lipinski definition) is 1. The molecule has 1 fully saturated rings. The third-order valence-corrected chi connectivity index (χ3v) is 3.35. The highest BCUT2D eigenvalue weighted by molar-refractivity contribution is 5.74. The quantitative estimate of drug-likeness (QED) is 0.513. The van der Waals surface area contributed by atoms with Crippen molar-refractivity contribution >= 4 is 5.97 Å². The van der Waals surface area contributed by atoms with Gasteiger partial charge < -0.3 is 9.84 Å². The summed E-state index contributed by atoms with van der Waals surface area (Å²) in [5, 5.41) is 9.22. The highest BCUT2D eigenvalue weighted by atomic mass is 16.5. The zero-order valence-corrected chi connectivity index (χ0v) is 10.4. The number of rotatable bonds is 8. The molecule has 3 atom stereocenters. The van der Waals surface area contributed by atoms with E-state index in [0.29, 0.717) is 18.9 Å². The first-order chi connectivity index (χ1) is 7.69. The number of ether oxygens (including phenoxy) is 1. The minimum absolute atomic E-state index is 0.434. The average molecular weight is 228 g/mol. The van der Waals surface area contributed by atoms with Gasteiger partial charge in [0.05, 0.1) is 6.61 Å². The Morgan fingerprint density at radius 1 is 1.38 bits per heavy atom. The number of carbonyl (C=O) groups is 1. The predicted molar refractivity (Wildman–Crippen MR) is 63.0 cm³/mol. The maximum Gasteiger partial charge on any atom is 0.334 e. The Morgan fingerprint density at radius 2 is 2.12 bits per heavy atom. The highest BCUT2D eigenvalue weighted by Gasteiger charge is 2.37. The number of hydrogen-bond acceptors (Lipinski definition) is 3. The van der Waals surface area contributed by atoms with Crippen LogP contribution in [0.5, 0.6) is 0 Å². The number of esters is 1. The topological polar surface area (TPSA) is 46.5 Å². The molecule has 1 unspecified atom stereocenters. The third kappa shape index (κ3) is 4.52. The van der Waals surface area contributed by atoms with Gasteiger partial charge in [-0.15, -0.1) is 0 Å². The Bertz CT molecular complexity index is 215. The molecule has 0 radical (unpaired) electrons. The van der Waals surface area contributed by atoms with Crippen molar-refractivity contribution in [3.63, 3.8) is 0 Å². The fraction of sp³-hybridized carbons (Fsp3) is 0.923. The van der Waals surface area contributed by atoms with Gasteiger partial charge >= 0.3 is 5.97 Å². The van der Waals surface area contributed by atoms with Crippen molar-refractivity contribution in [2.45, 2.75) is 58.5 Å². The van der Waals surface area contributed by atoms with Crippen molar-refractivity contribution in [3.8, 4) is 0 Å². The molecule has 0 aromatic carbocycles. The second-order valence-corrected chi connectivity index (χ2v) is 4.81. The first-order valence-electron chi connectivity index (χ1n) is 6.53. The van der Waals surface area contributed by atoms with E-state index in [2.05, 4.69) is 6.92 Å². The van der Waals surface area contributed by atoms with Crippen molar-refractivity contribution in [3.05, 3.63) is 0 Å². The molecule has 1 aliphatic carbocycles. The van der Waals surface area contributed by atoms with E-state index >= 15 is 0 Å². The number of unbranched alkanes of at least 4 members (excludes halogenated alkanes) is 2. The Hall–Kier alpha value is -0.570. The predicted octanol–water partition coefficient (Wildman–Crippen LogP) is 2.52. The fourth-order valence-corrected chi connectivity index (χ4v) is 1.98. The molecule has 3 nitrogen and oxygen atoms in total. The molecule has 1 aliphatic rings. The number of carbonyl (C=O) groups excluding carboxylic acids is 1. The van der Waals surface area contributed by atoms with Gasteiger partial charge in [0.2, 0.25) is 0 Å². The monoisotopic (exact) mass is 228 g/mol. The highest BCUT2D eigenvalue weighted by Crippen LogP contribution is 2.42. The van der Waals surface area contributed by atoms with Crippen LogP contribution in [0.2, 0.25) is 0 Å². The van der Waals surface area contributed by atoms with E-state index < -0.39 is 12.1 Å². The van der Waals surface area contributed by atoms with E-state index in [1.54, 1.807) is 6.92 Å². The van der Waals surface area contributed by atoms with Crippen molar-refractivity contribution in [2.75, 3.05) is 6.61 Å². The molecule has 94 valence electrons. The van der Waals surface area contributed by atoms with E-state index in [0.717, 1.165) is 5.92 Å². The van der Waals surface area contributed by atoms with E-state index in [1.165, 1.54) is 32.1 Å². The Morgan fingerprint density at radius 3 is 2.75 bits per heavy atom. The summed E-state index contributed by atoms with van der Waals surface area (Å²) < 4.78 is 5.07. The molecule has 0 heterocycles. The molecule has 0 saturated heterocycles. The molecular formula is C13H24O3. The van der Waals surface area contributed by atoms with Crippen molar-refractivity contribution in [1.82, 2.24) is 0 Å². The van der Waals surface area contributed by atoms with Gasteiger partial charge in [-0.25, -0.2) is 4.79 Å². The van der Waals surface area contributed by atoms with E-state index in [4.69, 9.17) is 4.74 Å². The summed E-state index contributed by atoms with van der Waals surface area (Å²) in [7, 11) is 0. The lowest BCUT2D eigenvalue weighted by Gasteiger charge is -2.08. The lowest BCUT2D eigenvalue weighted by atomic mass is 10.1.